The molecular weight excluding hydrogens is 473 g/mol. The van der Waals surface area contributed by atoms with Crippen LogP contribution < -0.4 is 0 Å². The number of carbonyl (C=O) groups is 2. The van der Waals surface area contributed by atoms with Crippen molar-refractivity contribution in [3.63, 3.8) is 0 Å². The Kier molecular flexibility index (Phi) is 4.69. The van der Waals surface area contributed by atoms with Gasteiger partial charge in [0.05, 0.1) is 39.9 Å². The van der Waals surface area contributed by atoms with Crippen molar-refractivity contribution in [3.05, 3.63) is 82.7 Å². The van der Waals surface area contributed by atoms with Crippen LogP contribution in [0.5, 0.6) is 0 Å². The number of aromatic carboxylic acids is 1. The first-order valence-electron chi connectivity index (χ1n) is 10.8. The summed E-state index contributed by atoms with van der Waals surface area (Å²) in [5.41, 5.74) is 2.89. The van der Waals surface area contributed by atoms with Gasteiger partial charge in [0.15, 0.2) is 5.78 Å². The SMILES string of the molecule is Cn1cnc2cc(Cn3c(C(=O)O)c(C4=CC=CCC4=O)c4c5occc5c(F)cc43)c(Cl)cc21. The fourth-order valence-corrected chi connectivity index (χ4v) is 5.02. The van der Waals surface area contributed by atoms with Gasteiger partial charge in [-0.15, -0.1) is 0 Å². The van der Waals surface area contributed by atoms with Gasteiger partial charge in [0.25, 0.3) is 0 Å². The zero-order valence-electron chi connectivity index (χ0n) is 18.4. The van der Waals surface area contributed by atoms with Crippen molar-refractivity contribution in [2.24, 2.45) is 7.05 Å². The van der Waals surface area contributed by atoms with E-state index in [2.05, 4.69) is 4.98 Å². The van der Waals surface area contributed by atoms with E-state index in [0.29, 0.717) is 21.5 Å². The van der Waals surface area contributed by atoms with Crippen molar-refractivity contribution in [2.45, 2.75) is 13.0 Å². The molecule has 0 saturated carbocycles. The summed E-state index contributed by atoms with van der Waals surface area (Å²) in [7, 11) is 1.85. The second-order valence-electron chi connectivity index (χ2n) is 8.45. The summed E-state index contributed by atoms with van der Waals surface area (Å²) in [6.07, 6.45) is 8.15. The van der Waals surface area contributed by atoms with Gasteiger partial charge in [0.1, 0.15) is 17.1 Å². The molecule has 1 aliphatic rings. The summed E-state index contributed by atoms with van der Waals surface area (Å²) in [6.45, 7) is 0.0203. The monoisotopic (exact) mass is 489 g/mol. The Balaban J connectivity index is 1.71. The van der Waals surface area contributed by atoms with Gasteiger partial charge in [0, 0.05) is 36.2 Å². The molecule has 0 fully saturated rings. The molecule has 0 spiro atoms. The highest BCUT2D eigenvalue weighted by atomic mass is 35.5. The summed E-state index contributed by atoms with van der Waals surface area (Å²) < 4.78 is 24.0. The number of hydrogen-bond acceptors (Lipinski definition) is 4. The van der Waals surface area contributed by atoms with Crippen LogP contribution in [0.4, 0.5) is 4.39 Å². The van der Waals surface area contributed by atoms with Crippen molar-refractivity contribution in [3.8, 4) is 0 Å². The molecule has 0 aliphatic heterocycles. The van der Waals surface area contributed by atoms with E-state index in [4.69, 9.17) is 16.0 Å². The summed E-state index contributed by atoms with van der Waals surface area (Å²) in [4.78, 5) is 29.9. The summed E-state index contributed by atoms with van der Waals surface area (Å²) >= 11 is 6.58. The minimum Gasteiger partial charge on any atom is -0.477 e. The number of fused-ring (bicyclic) bond motifs is 4. The molecule has 6 rings (SSSR count). The first kappa shape index (κ1) is 21.4. The van der Waals surface area contributed by atoms with Gasteiger partial charge in [0.2, 0.25) is 0 Å². The lowest BCUT2D eigenvalue weighted by Crippen LogP contribution is -2.13. The van der Waals surface area contributed by atoms with Crippen LogP contribution in [0.1, 0.15) is 28.0 Å². The molecule has 1 N–H and O–H groups in total. The highest BCUT2D eigenvalue weighted by Gasteiger charge is 2.31. The molecule has 5 aromatic rings. The fraction of sp³-hybridized carbons (Fsp3) is 0.115. The number of carboxylic acid groups (broad SMARTS) is 1. The number of allylic oxidation sites excluding steroid dienone is 4. The Morgan fingerprint density at radius 1 is 1.29 bits per heavy atom. The molecule has 0 atom stereocenters. The van der Waals surface area contributed by atoms with Crippen LogP contribution in [0.2, 0.25) is 5.02 Å². The third kappa shape index (κ3) is 3.14. The quantitative estimate of drug-likeness (QED) is 0.348. The predicted molar refractivity (Wildman–Crippen MR) is 130 cm³/mol. The molecule has 0 amide bonds. The van der Waals surface area contributed by atoms with Crippen LogP contribution >= 0.6 is 11.6 Å². The van der Waals surface area contributed by atoms with Crippen molar-refractivity contribution >= 4 is 61.8 Å². The number of halogens is 2. The molecule has 0 bridgehead atoms. The third-order valence-electron chi connectivity index (χ3n) is 6.41. The third-order valence-corrected chi connectivity index (χ3v) is 6.77. The Morgan fingerprint density at radius 2 is 2.11 bits per heavy atom. The highest BCUT2D eigenvalue weighted by molar-refractivity contribution is 6.32. The van der Waals surface area contributed by atoms with Crippen LogP contribution in [-0.2, 0) is 18.4 Å². The second kappa shape index (κ2) is 7.68. The summed E-state index contributed by atoms with van der Waals surface area (Å²) in [5, 5.41) is 11.3. The van der Waals surface area contributed by atoms with E-state index in [0.717, 1.165) is 5.52 Å². The van der Waals surface area contributed by atoms with Crippen molar-refractivity contribution in [1.29, 1.82) is 0 Å². The molecule has 174 valence electrons. The Labute approximate surface area is 202 Å². The topological polar surface area (TPSA) is 90.3 Å². The van der Waals surface area contributed by atoms with Crippen LogP contribution in [0.15, 0.2) is 59.5 Å². The zero-order valence-corrected chi connectivity index (χ0v) is 19.1. The van der Waals surface area contributed by atoms with Gasteiger partial charge in [-0.25, -0.2) is 14.2 Å². The van der Waals surface area contributed by atoms with Gasteiger partial charge in [-0.1, -0.05) is 29.8 Å². The minimum atomic E-state index is -1.25. The standard InChI is InChI=1S/C26H17ClFN3O4/c1-30-12-29-18-8-13(16(27)9-19(18)30)11-31-20-10-17(28)14-6-7-35-25(14)23(20)22(24(31)26(33)34)15-4-2-3-5-21(15)32/h2-4,6-10,12H,5,11H2,1H3,(H,33,34). The Hall–Kier alpha value is -4.17. The van der Waals surface area contributed by atoms with Gasteiger partial charge < -0.3 is 18.7 Å². The molecule has 2 aromatic carbocycles. The van der Waals surface area contributed by atoms with Gasteiger partial charge in [-0.05, 0) is 29.8 Å². The number of rotatable bonds is 4. The van der Waals surface area contributed by atoms with E-state index in [1.807, 2.05) is 11.6 Å². The summed E-state index contributed by atoms with van der Waals surface area (Å²) in [5.74, 6) is -2.04. The van der Waals surface area contributed by atoms with Crippen molar-refractivity contribution < 1.29 is 23.5 Å². The first-order chi connectivity index (χ1) is 16.8. The van der Waals surface area contributed by atoms with E-state index >= 15 is 4.39 Å². The lowest BCUT2D eigenvalue weighted by atomic mass is 9.93. The number of hydrogen-bond donors (Lipinski definition) is 1. The lowest BCUT2D eigenvalue weighted by Gasteiger charge is -2.12. The number of Topliss-reactive ketones (excluding diaryl/α,β-unsaturated/α-hetero) is 1. The molecule has 7 nitrogen and oxygen atoms in total. The van der Waals surface area contributed by atoms with Crippen molar-refractivity contribution in [1.82, 2.24) is 14.1 Å². The Bertz CT molecular complexity index is 1790. The predicted octanol–water partition coefficient (Wildman–Crippen LogP) is 5.73. The molecule has 35 heavy (non-hydrogen) atoms. The normalized spacial score (nSPS) is 13.9. The van der Waals surface area contributed by atoms with E-state index in [9.17, 15) is 14.7 Å². The molecule has 0 saturated heterocycles. The van der Waals surface area contributed by atoms with E-state index < -0.39 is 11.8 Å². The minimum absolute atomic E-state index is 0.0203. The number of furan rings is 1. The number of aryl methyl sites for hydroxylation is 1. The molecule has 9 heteroatoms. The molecule has 0 radical (unpaired) electrons. The second-order valence-corrected chi connectivity index (χ2v) is 8.86. The number of benzene rings is 2. The number of aromatic nitrogens is 3. The van der Waals surface area contributed by atoms with Crippen LogP contribution in [0.3, 0.4) is 0 Å². The zero-order chi connectivity index (χ0) is 24.4. The average Bonchev–Trinajstić information content (AvgIpc) is 3.52. The maximum Gasteiger partial charge on any atom is 0.353 e. The first-order valence-corrected chi connectivity index (χ1v) is 11.2. The molecule has 3 aromatic heterocycles. The van der Waals surface area contributed by atoms with Crippen molar-refractivity contribution in [2.75, 3.05) is 0 Å². The number of nitrogens with zero attached hydrogens (tertiary/aromatic N) is 3. The van der Waals surface area contributed by atoms with Crippen LogP contribution in [0, 0.1) is 5.82 Å². The van der Waals surface area contributed by atoms with Gasteiger partial charge in [-0.2, -0.15) is 0 Å². The van der Waals surface area contributed by atoms with E-state index in [1.165, 1.54) is 23.0 Å². The maximum absolute atomic E-state index is 15.1. The number of carbonyl (C=O) groups excluding carboxylic acids is 1. The molecule has 0 unspecified atom stereocenters. The van der Waals surface area contributed by atoms with E-state index in [1.54, 1.807) is 36.7 Å². The summed E-state index contributed by atoms with van der Waals surface area (Å²) in [6, 6.07) is 6.30. The molecular formula is C26H17ClFN3O4. The fourth-order valence-electron chi connectivity index (χ4n) is 4.80. The number of ketones is 1. The maximum atomic E-state index is 15.1. The lowest BCUT2D eigenvalue weighted by molar-refractivity contribution is -0.113. The average molecular weight is 490 g/mol. The highest BCUT2D eigenvalue weighted by Crippen LogP contribution is 2.40. The van der Waals surface area contributed by atoms with Crippen LogP contribution in [0.25, 0.3) is 38.5 Å². The number of carboxylic acids is 1. The number of imidazole rings is 1. The van der Waals surface area contributed by atoms with E-state index in [-0.39, 0.29) is 52.1 Å². The van der Waals surface area contributed by atoms with Crippen LogP contribution in [-0.4, -0.2) is 31.0 Å². The smallest absolute Gasteiger partial charge is 0.353 e. The largest absolute Gasteiger partial charge is 0.477 e. The van der Waals surface area contributed by atoms with Gasteiger partial charge >= 0.3 is 5.97 Å². The molecule has 1 aliphatic carbocycles. The van der Waals surface area contributed by atoms with Gasteiger partial charge in [-0.3, -0.25) is 4.79 Å². The molecule has 3 heterocycles. The Morgan fingerprint density at radius 3 is 2.89 bits per heavy atom.